The first-order chi connectivity index (χ1) is 12.5. The highest BCUT2D eigenvalue weighted by Crippen LogP contribution is 2.15. The maximum atomic E-state index is 12.3. The van der Waals surface area contributed by atoms with Crippen LogP contribution in [0.15, 0.2) is 47.3 Å². The van der Waals surface area contributed by atoms with Crippen molar-refractivity contribution in [2.75, 3.05) is 5.32 Å². The number of aromatic nitrogens is 2. The zero-order valence-electron chi connectivity index (χ0n) is 14.5. The fourth-order valence-corrected chi connectivity index (χ4v) is 2.51. The molecule has 0 aliphatic carbocycles. The number of H-pyrrole nitrogens is 2. The van der Waals surface area contributed by atoms with Gasteiger partial charge in [0.15, 0.2) is 6.10 Å². The summed E-state index contributed by atoms with van der Waals surface area (Å²) in [6.07, 6.45) is -0.0837. The predicted molar refractivity (Wildman–Crippen MR) is 98.2 cm³/mol. The summed E-state index contributed by atoms with van der Waals surface area (Å²) in [6.45, 7) is 3.53. The molecule has 0 aliphatic heterocycles. The quantitative estimate of drug-likeness (QED) is 0.613. The Kier molecular flexibility index (Phi) is 4.88. The van der Waals surface area contributed by atoms with Crippen LogP contribution in [0, 0.1) is 0 Å². The number of amides is 1. The van der Waals surface area contributed by atoms with Crippen molar-refractivity contribution < 1.29 is 14.3 Å². The number of aryl methyl sites for hydroxylation is 1. The van der Waals surface area contributed by atoms with Crippen LogP contribution in [-0.2, 0) is 16.0 Å². The van der Waals surface area contributed by atoms with Crippen LogP contribution in [0.1, 0.15) is 29.8 Å². The van der Waals surface area contributed by atoms with Crippen molar-refractivity contribution in [3.05, 3.63) is 64.1 Å². The molecule has 0 radical (unpaired) electrons. The number of imidazole rings is 1. The number of ether oxygens (including phenoxy) is 1. The molecule has 0 saturated heterocycles. The molecule has 7 heteroatoms. The van der Waals surface area contributed by atoms with Gasteiger partial charge in [0.2, 0.25) is 0 Å². The van der Waals surface area contributed by atoms with E-state index < -0.39 is 18.0 Å². The smallest absolute Gasteiger partial charge is 0.338 e. The van der Waals surface area contributed by atoms with Crippen LogP contribution in [0.5, 0.6) is 0 Å². The average Bonchev–Trinajstić information content (AvgIpc) is 3.00. The van der Waals surface area contributed by atoms with Gasteiger partial charge in [-0.25, -0.2) is 9.59 Å². The van der Waals surface area contributed by atoms with Crippen LogP contribution < -0.4 is 11.0 Å². The van der Waals surface area contributed by atoms with Crippen molar-refractivity contribution in [3.63, 3.8) is 0 Å². The second-order valence-electron chi connectivity index (χ2n) is 5.93. The number of aromatic amines is 2. The number of fused-ring (bicyclic) bond motifs is 1. The van der Waals surface area contributed by atoms with Crippen molar-refractivity contribution in [2.24, 2.45) is 0 Å². The van der Waals surface area contributed by atoms with Crippen molar-refractivity contribution in [3.8, 4) is 0 Å². The summed E-state index contributed by atoms with van der Waals surface area (Å²) in [6, 6.07) is 12.0. The molecule has 1 aromatic heterocycles. The lowest BCUT2D eigenvalue weighted by molar-refractivity contribution is -0.123. The lowest BCUT2D eigenvalue weighted by Crippen LogP contribution is -2.30. The molecule has 1 unspecified atom stereocenters. The summed E-state index contributed by atoms with van der Waals surface area (Å²) in [4.78, 5) is 40.9. The molecular formula is C19H19N3O4. The second kappa shape index (κ2) is 7.26. The summed E-state index contributed by atoms with van der Waals surface area (Å²) in [5, 5.41) is 2.67. The van der Waals surface area contributed by atoms with Gasteiger partial charge in [-0.15, -0.1) is 0 Å². The van der Waals surface area contributed by atoms with E-state index in [1.807, 2.05) is 19.1 Å². The van der Waals surface area contributed by atoms with Gasteiger partial charge in [-0.2, -0.15) is 0 Å². The van der Waals surface area contributed by atoms with Crippen molar-refractivity contribution in [1.82, 2.24) is 9.97 Å². The third kappa shape index (κ3) is 3.83. The van der Waals surface area contributed by atoms with Crippen LogP contribution >= 0.6 is 0 Å². The van der Waals surface area contributed by atoms with E-state index >= 15 is 0 Å². The van der Waals surface area contributed by atoms with E-state index in [1.165, 1.54) is 6.92 Å². The lowest BCUT2D eigenvalue weighted by atomic mass is 10.1. The first kappa shape index (κ1) is 17.5. The van der Waals surface area contributed by atoms with Crippen molar-refractivity contribution in [1.29, 1.82) is 0 Å². The summed E-state index contributed by atoms with van der Waals surface area (Å²) in [7, 11) is 0. The molecule has 0 saturated carbocycles. The first-order valence-electron chi connectivity index (χ1n) is 8.29. The highest BCUT2D eigenvalue weighted by Gasteiger charge is 2.19. The molecule has 1 heterocycles. The number of nitrogens with one attached hydrogen (secondary N) is 3. The average molecular weight is 353 g/mol. The summed E-state index contributed by atoms with van der Waals surface area (Å²) in [5.74, 6) is -1.01. The Balaban J connectivity index is 1.64. The van der Waals surface area contributed by atoms with Crippen molar-refractivity contribution in [2.45, 2.75) is 26.4 Å². The van der Waals surface area contributed by atoms with Gasteiger partial charge >= 0.3 is 11.7 Å². The van der Waals surface area contributed by atoms with E-state index in [4.69, 9.17) is 4.74 Å². The minimum atomic E-state index is -0.964. The Hall–Kier alpha value is -3.35. The van der Waals surface area contributed by atoms with Crippen LogP contribution in [0.2, 0.25) is 0 Å². The molecule has 0 fully saturated rings. The fourth-order valence-electron chi connectivity index (χ4n) is 2.51. The third-order valence-corrected chi connectivity index (χ3v) is 4.03. The minimum absolute atomic E-state index is 0.320. The Morgan fingerprint density at radius 1 is 1.08 bits per heavy atom. The Morgan fingerprint density at radius 3 is 2.46 bits per heavy atom. The van der Waals surface area contributed by atoms with Gasteiger partial charge in [0, 0.05) is 5.69 Å². The number of hydrogen-bond donors (Lipinski definition) is 3. The van der Waals surface area contributed by atoms with Gasteiger partial charge in [-0.1, -0.05) is 19.1 Å². The molecule has 0 aliphatic rings. The number of carbonyl (C=O) groups excluding carboxylic acids is 2. The molecule has 0 spiro atoms. The van der Waals surface area contributed by atoms with Gasteiger partial charge in [-0.05, 0) is 49.2 Å². The van der Waals surface area contributed by atoms with E-state index in [-0.39, 0.29) is 5.69 Å². The highest BCUT2D eigenvalue weighted by molar-refractivity contribution is 5.98. The molecule has 3 N–H and O–H groups in total. The zero-order valence-corrected chi connectivity index (χ0v) is 14.5. The topological polar surface area (TPSA) is 104 Å². The Labute approximate surface area is 149 Å². The third-order valence-electron chi connectivity index (χ3n) is 4.03. The molecule has 0 bridgehead atoms. The summed E-state index contributed by atoms with van der Waals surface area (Å²) < 4.78 is 5.22. The van der Waals surface area contributed by atoms with E-state index in [0.29, 0.717) is 22.3 Å². The molecule has 3 rings (SSSR count). The van der Waals surface area contributed by atoms with Gasteiger partial charge in [0.25, 0.3) is 5.91 Å². The maximum Gasteiger partial charge on any atom is 0.338 e. The standard InChI is InChI=1S/C19H19N3O4/c1-3-12-4-6-13(7-5-12)18(24)26-11(2)17(23)20-14-8-9-15-16(10-14)22-19(25)21-15/h4-11H,3H2,1-2H3,(H,20,23)(H2,21,22,25). The number of esters is 1. The molecular weight excluding hydrogens is 334 g/mol. The lowest BCUT2D eigenvalue weighted by Gasteiger charge is -2.13. The van der Waals surface area contributed by atoms with Gasteiger partial charge in [0.05, 0.1) is 16.6 Å². The number of rotatable bonds is 5. The number of carbonyl (C=O) groups is 2. The summed E-state index contributed by atoms with van der Waals surface area (Å²) in [5.41, 5.74) is 2.91. The SMILES string of the molecule is CCc1ccc(C(=O)OC(C)C(=O)Nc2ccc3[nH]c(=O)[nH]c3c2)cc1. The highest BCUT2D eigenvalue weighted by atomic mass is 16.5. The molecule has 2 aromatic carbocycles. The fraction of sp³-hybridized carbons (Fsp3) is 0.211. The van der Waals surface area contributed by atoms with E-state index in [0.717, 1.165) is 12.0 Å². The number of hydrogen-bond acceptors (Lipinski definition) is 4. The molecule has 3 aromatic rings. The molecule has 26 heavy (non-hydrogen) atoms. The Bertz CT molecular complexity index is 1000. The maximum absolute atomic E-state index is 12.3. The van der Waals surface area contributed by atoms with Crippen LogP contribution in [0.4, 0.5) is 5.69 Å². The van der Waals surface area contributed by atoms with E-state index in [2.05, 4.69) is 15.3 Å². The van der Waals surface area contributed by atoms with Crippen LogP contribution in [0.25, 0.3) is 11.0 Å². The van der Waals surface area contributed by atoms with Crippen LogP contribution in [-0.4, -0.2) is 27.9 Å². The second-order valence-corrected chi connectivity index (χ2v) is 5.93. The molecule has 134 valence electrons. The zero-order chi connectivity index (χ0) is 18.7. The summed E-state index contributed by atoms with van der Waals surface area (Å²) >= 11 is 0. The number of benzene rings is 2. The van der Waals surface area contributed by atoms with E-state index in [1.54, 1.807) is 30.3 Å². The Morgan fingerprint density at radius 2 is 1.77 bits per heavy atom. The normalized spacial score (nSPS) is 11.9. The minimum Gasteiger partial charge on any atom is -0.449 e. The molecule has 7 nitrogen and oxygen atoms in total. The van der Waals surface area contributed by atoms with E-state index in [9.17, 15) is 14.4 Å². The molecule has 1 atom stereocenters. The predicted octanol–water partition coefficient (Wildman–Crippen LogP) is 2.60. The van der Waals surface area contributed by atoms with Gasteiger partial charge < -0.3 is 20.0 Å². The first-order valence-corrected chi connectivity index (χ1v) is 8.29. The van der Waals surface area contributed by atoms with Gasteiger partial charge in [0.1, 0.15) is 0 Å². The number of anilines is 1. The molecule has 1 amide bonds. The monoisotopic (exact) mass is 353 g/mol. The van der Waals surface area contributed by atoms with Crippen molar-refractivity contribution >= 4 is 28.6 Å². The van der Waals surface area contributed by atoms with Gasteiger partial charge in [-0.3, -0.25) is 4.79 Å². The largest absolute Gasteiger partial charge is 0.449 e. The van der Waals surface area contributed by atoms with Crippen LogP contribution in [0.3, 0.4) is 0 Å².